The lowest BCUT2D eigenvalue weighted by molar-refractivity contribution is 0.0927. The molecular formula is C23H22Cl2N2O2. The number of halogens is 2. The van der Waals surface area contributed by atoms with Gasteiger partial charge in [-0.1, -0.05) is 43.1 Å². The molecule has 0 aliphatic rings. The van der Waals surface area contributed by atoms with E-state index < -0.39 is 0 Å². The van der Waals surface area contributed by atoms with Crippen molar-refractivity contribution in [3.8, 4) is 0 Å². The fourth-order valence-corrected chi connectivity index (χ4v) is 3.57. The Kier molecular flexibility index (Phi) is 6.88. The van der Waals surface area contributed by atoms with Crippen LogP contribution >= 0.6 is 23.2 Å². The molecule has 0 aliphatic heterocycles. The number of hydrogen-bond acceptors (Lipinski definition) is 3. The van der Waals surface area contributed by atoms with Gasteiger partial charge < -0.3 is 4.57 Å². The second-order valence-electron chi connectivity index (χ2n) is 7.13. The van der Waals surface area contributed by atoms with Crippen LogP contribution in [0.5, 0.6) is 0 Å². The van der Waals surface area contributed by atoms with Crippen LogP contribution in [0.2, 0.25) is 10.0 Å². The molecule has 0 saturated carbocycles. The van der Waals surface area contributed by atoms with Crippen LogP contribution < -0.4 is 5.56 Å². The van der Waals surface area contributed by atoms with Crippen LogP contribution in [0, 0.1) is 5.92 Å². The molecule has 0 fully saturated rings. The molecule has 150 valence electrons. The molecule has 0 radical (unpaired) electrons. The number of ketones is 1. The van der Waals surface area contributed by atoms with E-state index in [1.54, 1.807) is 41.4 Å². The van der Waals surface area contributed by atoms with Crippen molar-refractivity contribution in [3.05, 3.63) is 97.6 Å². The third kappa shape index (κ3) is 5.14. The SMILES string of the molecule is CCC(C)C(=O)c1cncc(Cc2cc(Cl)c(Cn3ccccc3=O)cc2Cl)c1. The minimum absolute atomic E-state index is 0.0363. The Morgan fingerprint density at radius 2 is 1.83 bits per heavy atom. The Morgan fingerprint density at radius 3 is 2.55 bits per heavy atom. The number of nitrogens with zero attached hydrogens (tertiary/aromatic N) is 2. The van der Waals surface area contributed by atoms with Gasteiger partial charge in [-0.3, -0.25) is 14.6 Å². The smallest absolute Gasteiger partial charge is 0.250 e. The summed E-state index contributed by atoms with van der Waals surface area (Å²) in [6.45, 7) is 4.26. The number of benzene rings is 1. The maximum Gasteiger partial charge on any atom is 0.250 e. The molecule has 1 atom stereocenters. The van der Waals surface area contributed by atoms with Gasteiger partial charge in [0.05, 0.1) is 6.54 Å². The van der Waals surface area contributed by atoms with Crippen molar-refractivity contribution in [1.29, 1.82) is 0 Å². The van der Waals surface area contributed by atoms with Crippen LogP contribution in [0.1, 0.15) is 47.3 Å². The minimum atomic E-state index is -0.0994. The van der Waals surface area contributed by atoms with E-state index in [1.807, 2.05) is 26.0 Å². The highest BCUT2D eigenvalue weighted by Gasteiger charge is 2.15. The number of carbonyl (C=O) groups excluding carboxylic acids is 1. The number of carbonyl (C=O) groups is 1. The number of aromatic nitrogens is 2. The zero-order chi connectivity index (χ0) is 21.0. The highest BCUT2D eigenvalue weighted by molar-refractivity contribution is 6.34. The molecule has 0 aliphatic carbocycles. The number of rotatable bonds is 7. The molecule has 6 heteroatoms. The van der Waals surface area contributed by atoms with E-state index in [-0.39, 0.29) is 17.3 Å². The predicted octanol–water partition coefficient (Wildman–Crippen LogP) is 5.42. The van der Waals surface area contributed by atoms with Crippen LogP contribution in [0.3, 0.4) is 0 Å². The molecule has 4 nitrogen and oxygen atoms in total. The fraction of sp³-hybridized carbons (Fsp3) is 0.261. The molecule has 2 aromatic heterocycles. The normalized spacial score (nSPS) is 12.0. The van der Waals surface area contributed by atoms with Crippen LogP contribution in [0.15, 0.2) is 59.8 Å². The van der Waals surface area contributed by atoms with Gasteiger partial charge in [0.15, 0.2) is 5.78 Å². The first kappa shape index (κ1) is 21.3. The van der Waals surface area contributed by atoms with Gasteiger partial charge in [-0.05, 0) is 47.4 Å². The summed E-state index contributed by atoms with van der Waals surface area (Å²) in [5, 5.41) is 1.10. The van der Waals surface area contributed by atoms with Gasteiger partial charge in [0.1, 0.15) is 0 Å². The summed E-state index contributed by atoms with van der Waals surface area (Å²) in [5.74, 6) is 0.0559. The highest BCUT2D eigenvalue weighted by Crippen LogP contribution is 2.28. The second-order valence-corrected chi connectivity index (χ2v) is 7.95. The molecule has 2 heterocycles. The lowest BCUT2D eigenvalue weighted by Crippen LogP contribution is -2.18. The van der Waals surface area contributed by atoms with Gasteiger partial charge in [-0.2, -0.15) is 0 Å². The van der Waals surface area contributed by atoms with Gasteiger partial charge in [-0.25, -0.2) is 0 Å². The Hall–Kier alpha value is -2.43. The summed E-state index contributed by atoms with van der Waals surface area (Å²) in [6.07, 6.45) is 6.35. The minimum Gasteiger partial charge on any atom is -0.311 e. The number of hydrogen-bond donors (Lipinski definition) is 0. The van der Waals surface area contributed by atoms with Crippen molar-refractivity contribution in [1.82, 2.24) is 9.55 Å². The average molecular weight is 429 g/mol. The quantitative estimate of drug-likeness (QED) is 0.472. The molecule has 3 aromatic rings. The van der Waals surface area contributed by atoms with E-state index in [4.69, 9.17) is 23.2 Å². The lowest BCUT2D eigenvalue weighted by Gasteiger charge is -2.12. The monoisotopic (exact) mass is 428 g/mol. The van der Waals surface area contributed by atoms with Gasteiger partial charge in [0, 0.05) is 52.6 Å². The molecular weight excluding hydrogens is 407 g/mol. The molecule has 1 unspecified atom stereocenters. The molecule has 0 spiro atoms. The third-order valence-corrected chi connectivity index (χ3v) is 5.69. The summed E-state index contributed by atoms with van der Waals surface area (Å²) >= 11 is 13.0. The molecule has 0 saturated heterocycles. The first-order valence-electron chi connectivity index (χ1n) is 9.49. The van der Waals surface area contributed by atoms with E-state index in [2.05, 4.69) is 4.98 Å². The predicted molar refractivity (Wildman–Crippen MR) is 117 cm³/mol. The van der Waals surface area contributed by atoms with E-state index in [0.717, 1.165) is 23.1 Å². The highest BCUT2D eigenvalue weighted by atomic mass is 35.5. The number of pyridine rings is 2. The molecule has 3 rings (SSSR count). The van der Waals surface area contributed by atoms with E-state index in [0.29, 0.717) is 28.6 Å². The zero-order valence-corrected chi connectivity index (χ0v) is 17.9. The van der Waals surface area contributed by atoms with Crippen molar-refractivity contribution < 1.29 is 4.79 Å². The van der Waals surface area contributed by atoms with E-state index in [1.165, 1.54) is 6.07 Å². The Labute approximate surface area is 180 Å². The summed E-state index contributed by atoms with van der Waals surface area (Å²) in [4.78, 5) is 28.6. The van der Waals surface area contributed by atoms with Gasteiger partial charge in [-0.15, -0.1) is 0 Å². The van der Waals surface area contributed by atoms with Crippen LogP contribution in [0.4, 0.5) is 0 Å². The number of Topliss-reactive ketones (excluding diaryl/α,β-unsaturated/α-hetero) is 1. The van der Waals surface area contributed by atoms with E-state index in [9.17, 15) is 9.59 Å². The molecule has 29 heavy (non-hydrogen) atoms. The molecule has 0 N–H and O–H groups in total. The first-order chi connectivity index (χ1) is 13.9. The lowest BCUT2D eigenvalue weighted by atomic mass is 9.96. The summed E-state index contributed by atoms with van der Waals surface area (Å²) in [5.41, 5.74) is 3.02. The molecule has 0 bridgehead atoms. The van der Waals surface area contributed by atoms with Crippen molar-refractivity contribution in [2.75, 3.05) is 0 Å². The van der Waals surface area contributed by atoms with Crippen molar-refractivity contribution in [2.24, 2.45) is 5.92 Å². The first-order valence-corrected chi connectivity index (χ1v) is 10.2. The van der Waals surface area contributed by atoms with Crippen molar-refractivity contribution in [2.45, 2.75) is 33.2 Å². The average Bonchev–Trinajstić information content (AvgIpc) is 2.72. The van der Waals surface area contributed by atoms with Crippen molar-refractivity contribution >= 4 is 29.0 Å². The molecule has 0 amide bonds. The fourth-order valence-electron chi connectivity index (χ4n) is 3.07. The van der Waals surface area contributed by atoms with Crippen LogP contribution in [0.25, 0.3) is 0 Å². The maximum atomic E-state index is 12.4. The summed E-state index contributed by atoms with van der Waals surface area (Å²) in [7, 11) is 0. The summed E-state index contributed by atoms with van der Waals surface area (Å²) in [6, 6.07) is 10.5. The third-order valence-electron chi connectivity index (χ3n) is 4.99. The van der Waals surface area contributed by atoms with Gasteiger partial charge in [0.25, 0.3) is 5.56 Å². The second kappa shape index (κ2) is 9.38. The topological polar surface area (TPSA) is 52.0 Å². The summed E-state index contributed by atoms with van der Waals surface area (Å²) < 4.78 is 1.57. The maximum absolute atomic E-state index is 12.4. The Morgan fingerprint density at radius 1 is 1.10 bits per heavy atom. The van der Waals surface area contributed by atoms with Crippen LogP contribution in [-0.2, 0) is 13.0 Å². The zero-order valence-electron chi connectivity index (χ0n) is 16.4. The van der Waals surface area contributed by atoms with Crippen molar-refractivity contribution in [3.63, 3.8) is 0 Å². The Balaban J connectivity index is 1.84. The largest absolute Gasteiger partial charge is 0.311 e. The van der Waals surface area contributed by atoms with Crippen LogP contribution in [-0.4, -0.2) is 15.3 Å². The Bertz CT molecular complexity index is 1090. The standard InChI is InChI=1S/C23H22Cl2N2O2/c1-3-15(2)23(29)18-9-16(12-26-13-18)8-17-10-21(25)19(11-20(17)24)14-27-7-5-4-6-22(27)28/h4-7,9-13,15H,3,8,14H2,1-2H3. The molecule has 1 aromatic carbocycles. The van der Waals surface area contributed by atoms with E-state index >= 15 is 0 Å². The van der Waals surface area contributed by atoms with Gasteiger partial charge in [0.2, 0.25) is 0 Å². The van der Waals surface area contributed by atoms with Gasteiger partial charge >= 0.3 is 0 Å².